The summed E-state index contributed by atoms with van der Waals surface area (Å²) in [5.74, 6) is 0.358. The number of nitrogens with zero attached hydrogens (tertiary/aromatic N) is 1. The molecule has 0 aliphatic rings. The van der Waals surface area contributed by atoms with Crippen LogP contribution in [0.3, 0.4) is 0 Å². The second kappa shape index (κ2) is 6.91. The number of anilines is 2. The monoisotopic (exact) mass is 360 g/mol. The molecule has 8 heteroatoms. The van der Waals surface area contributed by atoms with Crippen LogP contribution in [0.2, 0.25) is 0 Å². The van der Waals surface area contributed by atoms with Crippen LogP contribution in [0.25, 0.3) is 10.8 Å². The van der Waals surface area contributed by atoms with Gasteiger partial charge in [-0.3, -0.25) is 0 Å². The number of hydrogen-bond donors (Lipinski definition) is 3. The highest BCUT2D eigenvalue weighted by Crippen LogP contribution is 2.29. The maximum atomic E-state index is 12.5. The zero-order valence-electron chi connectivity index (χ0n) is 13.5. The van der Waals surface area contributed by atoms with E-state index >= 15 is 0 Å². The number of amides is 2. The van der Waals surface area contributed by atoms with Crippen molar-refractivity contribution in [3.05, 3.63) is 65.9 Å². The fourth-order valence-electron chi connectivity index (χ4n) is 2.50. The van der Waals surface area contributed by atoms with Gasteiger partial charge < -0.3 is 16.4 Å². The number of pyridine rings is 1. The molecule has 0 aliphatic heterocycles. The van der Waals surface area contributed by atoms with Crippen LogP contribution in [-0.2, 0) is 12.7 Å². The van der Waals surface area contributed by atoms with E-state index in [-0.39, 0.29) is 6.54 Å². The Balaban J connectivity index is 1.66. The molecule has 0 spiro atoms. The van der Waals surface area contributed by atoms with Gasteiger partial charge in [0.05, 0.1) is 11.3 Å². The first-order valence-corrected chi connectivity index (χ1v) is 7.69. The predicted molar refractivity (Wildman–Crippen MR) is 93.5 cm³/mol. The minimum Gasteiger partial charge on any atom is -0.383 e. The highest BCUT2D eigenvalue weighted by molar-refractivity contribution is 6.04. The number of aromatic nitrogens is 1. The van der Waals surface area contributed by atoms with E-state index in [0.717, 1.165) is 17.5 Å². The van der Waals surface area contributed by atoms with Gasteiger partial charge in [0, 0.05) is 23.5 Å². The van der Waals surface area contributed by atoms with E-state index < -0.39 is 17.8 Å². The van der Waals surface area contributed by atoms with Gasteiger partial charge in [0.25, 0.3) is 0 Å². The maximum absolute atomic E-state index is 12.5. The van der Waals surface area contributed by atoms with Crippen molar-refractivity contribution in [1.82, 2.24) is 10.3 Å². The Labute approximate surface area is 147 Å². The largest absolute Gasteiger partial charge is 0.416 e. The average Bonchev–Trinajstić information content (AvgIpc) is 2.60. The minimum absolute atomic E-state index is 0.0957. The third-order valence-electron chi connectivity index (χ3n) is 3.82. The number of nitrogens with one attached hydrogen (secondary N) is 2. The van der Waals surface area contributed by atoms with E-state index in [4.69, 9.17) is 5.73 Å². The van der Waals surface area contributed by atoms with Gasteiger partial charge in [-0.1, -0.05) is 24.3 Å². The zero-order chi connectivity index (χ0) is 18.7. The minimum atomic E-state index is -4.38. The van der Waals surface area contributed by atoms with Gasteiger partial charge in [0.2, 0.25) is 0 Å². The molecule has 3 rings (SSSR count). The number of fused-ring (bicyclic) bond motifs is 1. The molecule has 0 atom stereocenters. The summed E-state index contributed by atoms with van der Waals surface area (Å²) in [4.78, 5) is 16.1. The number of rotatable bonds is 3. The first-order valence-electron chi connectivity index (χ1n) is 7.69. The van der Waals surface area contributed by atoms with Gasteiger partial charge >= 0.3 is 12.2 Å². The van der Waals surface area contributed by atoms with Gasteiger partial charge in [-0.05, 0) is 29.8 Å². The fraction of sp³-hybridized carbons (Fsp3) is 0.111. The van der Waals surface area contributed by atoms with Crippen molar-refractivity contribution in [3.8, 4) is 0 Å². The number of nitrogens with two attached hydrogens (primary N) is 1. The molecule has 0 aliphatic carbocycles. The van der Waals surface area contributed by atoms with Gasteiger partial charge in [0.15, 0.2) is 0 Å². The molecule has 5 nitrogen and oxygen atoms in total. The molecule has 1 aromatic heterocycles. The number of nitrogen functional groups attached to an aromatic ring is 1. The molecule has 0 saturated carbocycles. The van der Waals surface area contributed by atoms with Gasteiger partial charge in [-0.25, -0.2) is 9.78 Å². The van der Waals surface area contributed by atoms with Crippen molar-refractivity contribution in [2.24, 2.45) is 0 Å². The zero-order valence-corrected chi connectivity index (χ0v) is 13.5. The molecule has 2 amide bonds. The summed E-state index contributed by atoms with van der Waals surface area (Å²) in [5.41, 5.74) is 6.20. The summed E-state index contributed by atoms with van der Waals surface area (Å²) in [6.07, 6.45) is -2.84. The first-order chi connectivity index (χ1) is 12.3. The Morgan fingerprint density at radius 1 is 1.04 bits per heavy atom. The summed E-state index contributed by atoms with van der Waals surface area (Å²) < 4.78 is 37.6. The van der Waals surface area contributed by atoms with Crippen molar-refractivity contribution in [1.29, 1.82) is 0 Å². The molecule has 0 bridgehead atoms. The number of carbonyl (C=O) groups excluding carboxylic acids is 1. The molecule has 0 fully saturated rings. The van der Waals surface area contributed by atoms with Crippen molar-refractivity contribution >= 4 is 28.3 Å². The highest BCUT2D eigenvalue weighted by atomic mass is 19.4. The predicted octanol–water partition coefficient (Wildman–Crippen LogP) is 4.16. The average molecular weight is 360 g/mol. The van der Waals surface area contributed by atoms with E-state index in [1.807, 2.05) is 0 Å². The Morgan fingerprint density at radius 3 is 2.46 bits per heavy atom. The molecule has 1 heterocycles. The van der Waals surface area contributed by atoms with E-state index in [9.17, 15) is 18.0 Å². The van der Waals surface area contributed by atoms with Crippen molar-refractivity contribution in [2.45, 2.75) is 12.7 Å². The lowest BCUT2D eigenvalue weighted by Crippen LogP contribution is -2.28. The van der Waals surface area contributed by atoms with Crippen LogP contribution >= 0.6 is 0 Å². The highest BCUT2D eigenvalue weighted by Gasteiger charge is 2.29. The molecule has 4 N–H and O–H groups in total. The van der Waals surface area contributed by atoms with Crippen molar-refractivity contribution in [2.75, 3.05) is 11.1 Å². The smallest absolute Gasteiger partial charge is 0.383 e. The van der Waals surface area contributed by atoms with E-state index in [0.29, 0.717) is 22.5 Å². The lowest BCUT2D eigenvalue weighted by atomic mass is 10.1. The molecule has 0 saturated heterocycles. The molecule has 26 heavy (non-hydrogen) atoms. The van der Waals surface area contributed by atoms with E-state index in [1.54, 1.807) is 30.5 Å². The molecular weight excluding hydrogens is 345 g/mol. The lowest BCUT2D eigenvalue weighted by molar-refractivity contribution is -0.137. The van der Waals surface area contributed by atoms with Gasteiger partial charge in [-0.15, -0.1) is 0 Å². The topological polar surface area (TPSA) is 80.0 Å². The Kier molecular flexibility index (Phi) is 4.66. The summed E-state index contributed by atoms with van der Waals surface area (Å²) in [6, 6.07) is 11.1. The molecule has 134 valence electrons. The van der Waals surface area contributed by atoms with E-state index in [2.05, 4.69) is 15.6 Å². The summed E-state index contributed by atoms with van der Waals surface area (Å²) in [6.45, 7) is 0.0957. The molecule has 0 unspecified atom stereocenters. The second-order valence-electron chi connectivity index (χ2n) is 5.60. The Hall–Kier alpha value is -3.29. The standard InChI is InChI=1S/C18H15F3N4O/c19-18(20,21)12-6-4-11(5-7-12)10-24-17(26)25-15-3-1-2-14-13(15)8-9-23-16(14)22/h1-9H,10H2,(H2,22,23)(H2,24,25,26). The number of hydrogen-bond acceptors (Lipinski definition) is 3. The maximum Gasteiger partial charge on any atom is 0.416 e. The Morgan fingerprint density at radius 2 is 1.77 bits per heavy atom. The van der Waals surface area contributed by atoms with Crippen LogP contribution in [0, 0.1) is 0 Å². The first kappa shape index (κ1) is 17.5. The number of alkyl halides is 3. The third-order valence-corrected chi connectivity index (χ3v) is 3.82. The molecule has 2 aromatic carbocycles. The summed E-state index contributed by atoms with van der Waals surface area (Å²) in [5, 5.41) is 6.77. The molecular formula is C18H15F3N4O. The van der Waals surface area contributed by atoms with Gasteiger partial charge in [0.1, 0.15) is 5.82 Å². The Bertz CT molecular complexity index is 939. The van der Waals surface area contributed by atoms with Crippen LogP contribution in [0.15, 0.2) is 54.7 Å². The summed E-state index contributed by atoms with van der Waals surface area (Å²) >= 11 is 0. The van der Waals surface area contributed by atoms with Crippen molar-refractivity contribution < 1.29 is 18.0 Å². The van der Waals surface area contributed by atoms with E-state index in [1.165, 1.54) is 12.1 Å². The number of benzene rings is 2. The number of carbonyl (C=O) groups is 1. The number of halogens is 3. The van der Waals surface area contributed by atoms with Crippen LogP contribution < -0.4 is 16.4 Å². The molecule has 0 radical (unpaired) electrons. The van der Waals surface area contributed by atoms with Crippen LogP contribution in [0.4, 0.5) is 29.5 Å². The van der Waals surface area contributed by atoms with Crippen LogP contribution in [-0.4, -0.2) is 11.0 Å². The number of urea groups is 1. The molecule has 3 aromatic rings. The van der Waals surface area contributed by atoms with Gasteiger partial charge in [-0.2, -0.15) is 13.2 Å². The third kappa shape index (κ3) is 3.85. The summed E-state index contributed by atoms with van der Waals surface area (Å²) in [7, 11) is 0. The van der Waals surface area contributed by atoms with Crippen molar-refractivity contribution in [3.63, 3.8) is 0 Å². The van der Waals surface area contributed by atoms with Crippen LogP contribution in [0.1, 0.15) is 11.1 Å². The lowest BCUT2D eigenvalue weighted by Gasteiger charge is -2.11. The van der Waals surface area contributed by atoms with Crippen LogP contribution in [0.5, 0.6) is 0 Å². The normalized spacial score (nSPS) is 11.3. The quantitative estimate of drug-likeness (QED) is 0.656. The SMILES string of the molecule is Nc1nccc2c(NC(=O)NCc3ccc(C(F)(F)F)cc3)cccc12. The fourth-order valence-corrected chi connectivity index (χ4v) is 2.50. The second-order valence-corrected chi connectivity index (χ2v) is 5.60.